The highest BCUT2D eigenvalue weighted by Gasteiger charge is 2.54. The smallest absolute Gasteiger partial charge is 0.307 e. The average molecular weight is 279 g/mol. The second-order valence-electron chi connectivity index (χ2n) is 7.10. The molecule has 2 N–H and O–H groups in total. The van der Waals surface area contributed by atoms with Gasteiger partial charge in [0.2, 0.25) is 5.91 Å². The van der Waals surface area contributed by atoms with Crippen LogP contribution in [0.5, 0.6) is 0 Å². The molecule has 2 bridgehead atoms. The summed E-state index contributed by atoms with van der Waals surface area (Å²) in [5.74, 6) is -0.406. The summed E-state index contributed by atoms with van der Waals surface area (Å²) < 4.78 is 0. The van der Waals surface area contributed by atoms with Crippen molar-refractivity contribution in [3.05, 3.63) is 0 Å². The SMILES string of the molecule is C[C@H]1CCCC[C@@H]1NC(=O)[C@@H]1[C@@H]2CC[C@@H](C2)[C@@H]1C(=O)O. The van der Waals surface area contributed by atoms with E-state index in [2.05, 4.69) is 12.2 Å². The van der Waals surface area contributed by atoms with Crippen LogP contribution >= 0.6 is 0 Å². The predicted molar refractivity (Wildman–Crippen MR) is 75.0 cm³/mol. The molecule has 3 fully saturated rings. The summed E-state index contributed by atoms with van der Waals surface area (Å²) in [4.78, 5) is 24.1. The summed E-state index contributed by atoms with van der Waals surface area (Å²) in [6, 6.07) is 0.254. The predicted octanol–water partition coefficient (Wildman–Crippen LogP) is 2.43. The molecule has 0 spiro atoms. The average Bonchev–Trinajstić information content (AvgIpc) is 3.01. The van der Waals surface area contributed by atoms with Crippen molar-refractivity contribution in [1.29, 1.82) is 0 Å². The topological polar surface area (TPSA) is 66.4 Å². The van der Waals surface area contributed by atoms with Gasteiger partial charge in [-0.1, -0.05) is 19.8 Å². The summed E-state index contributed by atoms with van der Waals surface area (Å²) in [5.41, 5.74) is 0. The van der Waals surface area contributed by atoms with Crippen molar-refractivity contribution in [2.45, 2.75) is 57.9 Å². The van der Waals surface area contributed by atoms with Gasteiger partial charge in [-0.15, -0.1) is 0 Å². The molecule has 1 amide bonds. The summed E-state index contributed by atoms with van der Waals surface area (Å²) in [5, 5.41) is 12.6. The van der Waals surface area contributed by atoms with Crippen molar-refractivity contribution in [1.82, 2.24) is 5.32 Å². The quantitative estimate of drug-likeness (QED) is 0.834. The van der Waals surface area contributed by atoms with Gasteiger partial charge in [0.05, 0.1) is 11.8 Å². The maximum absolute atomic E-state index is 12.6. The summed E-state index contributed by atoms with van der Waals surface area (Å²) in [7, 11) is 0. The molecule has 3 aliphatic rings. The minimum absolute atomic E-state index is 0.0170. The van der Waals surface area contributed by atoms with Gasteiger partial charge < -0.3 is 10.4 Å². The van der Waals surface area contributed by atoms with Crippen LogP contribution in [0.3, 0.4) is 0 Å². The molecule has 0 aromatic heterocycles. The van der Waals surface area contributed by atoms with Gasteiger partial charge in [-0.3, -0.25) is 9.59 Å². The number of amides is 1. The number of carboxylic acid groups (broad SMARTS) is 1. The van der Waals surface area contributed by atoms with E-state index in [1.165, 1.54) is 19.3 Å². The molecule has 20 heavy (non-hydrogen) atoms. The van der Waals surface area contributed by atoms with Crippen molar-refractivity contribution < 1.29 is 14.7 Å². The third-order valence-electron chi connectivity index (χ3n) is 5.94. The molecule has 3 aliphatic carbocycles. The van der Waals surface area contributed by atoms with Gasteiger partial charge in [-0.25, -0.2) is 0 Å². The Morgan fingerprint density at radius 1 is 1.00 bits per heavy atom. The zero-order valence-corrected chi connectivity index (χ0v) is 12.2. The van der Waals surface area contributed by atoms with Crippen LogP contribution in [-0.4, -0.2) is 23.0 Å². The molecule has 6 atom stereocenters. The number of carbonyl (C=O) groups is 2. The van der Waals surface area contributed by atoms with Gasteiger partial charge in [0.1, 0.15) is 0 Å². The van der Waals surface area contributed by atoms with Crippen molar-refractivity contribution in [2.24, 2.45) is 29.6 Å². The van der Waals surface area contributed by atoms with Gasteiger partial charge in [-0.2, -0.15) is 0 Å². The fourth-order valence-corrected chi connectivity index (χ4v) is 4.83. The summed E-state index contributed by atoms with van der Waals surface area (Å²) in [6.07, 6.45) is 7.61. The number of hydrogen-bond donors (Lipinski definition) is 2. The summed E-state index contributed by atoms with van der Waals surface area (Å²) >= 11 is 0. The molecule has 0 aliphatic heterocycles. The zero-order chi connectivity index (χ0) is 14.3. The Morgan fingerprint density at radius 3 is 2.30 bits per heavy atom. The Kier molecular flexibility index (Phi) is 3.74. The molecule has 3 rings (SSSR count). The lowest BCUT2D eigenvalue weighted by Crippen LogP contribution is -2.47. The van der Waals surface area contributed by atoms with Crippen LogP contribution in [0.4, 0.5) is 0 Å². The first-order valence-corrected chi connectivity index (χ1v) is 8.11. The lowest BCUT2D eigenvalue weighted by atomic mass is 9.78. The minimum Gasteiger partial charge on any atom is -0.481 e. The van der Waals surface area contributed by atoms with E-state index in [-0.39, 0.29) is 23.8 Å². The second-order valence-corrected chi connectivity index (χ2v) is 7.10. The first kappa shape index (κ1) is 13.9. The fraction of sp³-hybridized carbons (Fsp3) is 0.875. The highest BCUT2D eigenvalue weighted by atomic mass is 16.4. The van der Waals surface area contributed by atoms with E-state index < -0.39 is 11.9 Å². The van der Waals surface area contributed by atoms with Gasteiger partial charge in [0, 0.05) is 6.04 Å². The molecule has 0 aromatic carbocycles. The lowest BCUT2D eigenvalue weighted by Gasteiger charge is -2.33. The van der Waals surface area contributed by atoms with Gasteiger partial charge in [-0.05, 0) is 49.9 Å². The Labute approximate surface area is 120 Å². The van der Waals surface area contributed by atoms with Crippen LogP contribution in [0.2, 0.25) is 0 Å². The molecular weight excluding hydrogens is 254 g/mol. The molecule has 112 valence electrons. The largest absolute Gasteiger partial charge is 0.481 e. The van der Waals surface area contributed by atoms with Crippen LogP contribution in [0, 0.1) is 29.6 Å². The Bertz CT molecular complexity index is 409. The van der Waals surface area contributed by atoms with Crippen LogP contribution in [0.1, 0.15) is 51.9 Å². The highest BCUT2D eigenvalue weighted by Crippen LogP contribution is 2.52. The maximum Gasteiger partial charge on any atom is 0.307 e. The first-order chi connectivity index (χ1) is 9.58. The number of aliphatic carboxylic acids is 1. The minimum atomic E-state index is -0.769. The zero-order valence-electron chi connectivity index (χ0n) is 12.2. The fourth-order valence-electron chi connectivity index (χ4n) is 4.83. The van der Waals surface area contributed by atoms with Crippen LogP contribution in [0.15, 0.2) is 0 Å². The number of fused-ring (bicyclic) bond motifs is 2. The number of carbonyl (C=O) groups excluding carboxylic acids is 1. The number of rotatable bonds is 3. The van der Waals surface area contributed by atoms with Crippen LogP contribution < -0.4 is 5.32 Å². The van der Waals surface area contributed by atoms with E-state index in [1.54, 1.807) is 0 Å². The molecule has 4 nitrogen and oxygen atoms in total. The second kappa shape index (κ2) is 5.38. The monoisotopic (exact) mass is 279 g/mol. The van der Waals surface area contributed by atoms with E-state index >= 15 is 0 Å². The van der Waals surface area contributed by atoms with Crippen molar-refractivity contribution in [3.8, 4) is 0 Å². The third kappa shape index (κ3) is 2.33. The molecular formula is C16H25NO3. The molecule has 0 aromatic rings. The standard InChI is InChI=1S/C16H25NO3/c1-9-4-2-3-5-12(9)17-15(18)13-10-6-7-11(8-10)14(13)16(19)20/h9-14H,2-8H2,1H3,(H,17,18)(H,19,20)/t9-,10+,11-,12-,13+,14-/m0/s1. The van der Waals surface area contributed by atoms with Crippen LogP contribution in [0.25, 0.3) is 0 Å². The summed E-state index contributed by atoms with van der Waals surface area (Å²) in [6.45, 7) is 2.19. The Morgan fingerprint density at radius 2 is 1.65 bits per heavy atom. The first-order valence-electron chi connectivity index (χ1n) is 8.11. The molecule has 0 heterocycles. The third-order valence-corrected chi connectivity index (χ3v) is 5.94. The molecule has 4 heteroatoms. The van der Waals surface area contributed by atoms with E-state index in [9.17, 15) is 14.7 Å². The number of nitrogens with one attached hydrogen (secondary N) is 1. The van der Waals surface area contributed by atoms with E-state index in [0.717, 1.165) is 25.7 Å². The number of carboxylic acids is 1. The highest BCUT2D eigenvalue weighted by molar-refractivity contribution is 5.86. The van der Waals surface area contributed by atoms with Crippen molar-refractivity contribution >= 4 is 11.9 Å². The molecule has 0 radical (unpaired) electrons. The van der Waals surface area contributed by atoms with Gasteiger partial charge in [0.25, 0.3) is 0 Å². The van der Waals surface area contributed by atoms with Gasteiger partial charge >= 0.3 is 5.97 Å². The van der Waals surface area contributed by atoms with E-state index in [0.29, 0.717) is 11.8 Å². The van der Waals surface area contributed by atoms with E-state index in [4.69, 9.17) is 0 Å². The lowest BCUT2D eigenvalue weighted by molar-refractivity contribution is -0.149. The normalized spacial score (nSPS) is 43.5. The van der Waals surface area contributed by atoms with Crippen molar-refractivity contribution in [3.63, 3.8) is 0 Å². The Balaban J connectivity index is 1.68. The van der Waals surface area contributed by atoms with Crippen molar-refractivity contribution in [2.75, 3.05) is 0 Å². The number of hydrogen-bond acceptors (Lipinski definition) is 2. The molecule has 0 unspecified atom stereocenters. The Hall–Kier alpha value is -1.06. The maximum atomic E-state index is 12.6. The molecule has 0 saturated heterocycles. The van der Waals surface area contributed by atoms with E-state index in [1.807, 2.05) is 0 Å². The van der Waals surface area contributed by atoms with Crippen LogP contribution in [-0.2, 0) is 9.59 Å². The van der Waals surface area contributed by atoms with Gasteiger partial charge in [0.15, 0.2) is 0 Å². The molecule has 3 saturated carbocycles.